The summed E-state index contributed by atoms with van der Waals surface area (Å²) >= 11 is 0. The molecule has 0 unspecified atom stereocenters. The Kier molecular flexibility index (Phi) is 4.79. The molecule has 0 saturated heterocycles. The number of nitrogens with one attached hydrogen (secondary N) is 1. The first-order valence-electron chi connectivity index (χ1n) is 8.59. The molecule has 7 nitrogen and oxygen atoms in total. The second kappa shape index (κ2) is 6.75. The molecule has 1 aromatic heterocycles. The third kappa shape index (κ3) is 2.98. The molecule has 0 radical (unpaired) electrons. The number of hydrogen-bond acceptors (Lipinski definition) is 5. The van der Waals surface area contributed by atoms with Gasteiger partial charge >= 0.3 is 0 Å². The van der Waals surface area contributed by atoms with E-state index in [0.717, 1.165) is 12.0 Å². The highest BCUT2D eigenvalue weighted by atomic mass is 32.2. The maximum absolute atomic E-state index is 12.6. The molecule has 1 aliphatic heterocycles. The summed E-state index contributed by atoms with van der Waals surface area (Å²) in [6, 6.07) is 3.65. The highest BCUT2D eigenvalue weighted by Crippen LogP contribution is 2.31. The van der Waals surface area contributed by atoms with Crippen LogP contribution in [0.3, 0.4) is 0 Å². The number of nitrogens with zero attached hydrogens (tertiary/aromatic N) is 2. The Morgan fingerprint density at radius 1 is 1.35 bits per heavy atom. The van der Waals surface area contributed by atoms with Crippen molar-refractivity contribution in [1.29, 1.82) is 0 Å². The van der Waals surface area contributed by atoms with E-state index in [1.165, 1.54) is 4.68 Å². The van der Waals surface area contributed by atoms with E-state index in [-0.39, 0.29) is 11.3 Å². The normalized spacial score (nSPS) is 16.4. The van der Waals surface area contributed by atoms with Gasteiger partial charge in [0.15, 0.2) is 9.84 Å². The fourth-order valence-corrected chi connectivity index (χ4v) is 5.39. The first kappa shape index (κ1) is 18.4. The molecule has 0 bridgehead atoms. The van der Waals surface area contributed by atoms with Crippen LogP contribution >= 0.6 is 0 Å². The molecule has 0 saturated carbocycles. The summed E-state index contributed by atoms with van der Waals surface area (Å²) in [5.41, 5.74) is 3.19. The van der Waals surface area contributed by atoms with Crippen molar-refractivity contribution in [3.63, 3.8) is 0 Å². The van der Waals surface area contributed by atoms with Crippen LogP contribution in [0.5, 0.6) is 0 Å². The van der Waals surface area contributed by atoms with Crippen LogP contribution in [0.1, 0.15) is 41.3 Å². The van der Waals surface area contributed by atoms with Gasteiger partial charge in [-0.15, -0.1) is 0 Å². The third-order valence-electron chi connectivity index (χ3n) is 4.66. The summed E-state index contributed by atoms with van der Waals surface area (Å²) in [7, 11) is -1.71. The highest BCUT2D eigenvalue weighted by Gasteiger charge is 2.29. The molecular formula is C18H23N3O4S. The van der Waals surface area contributed by atoms with Crippen LogP contribution in [0.2, 0.25) is 0 Å². The first-order valence-corrected chi connectivity index (χ1v) is 10.2. The van der Waals surface area contributed by atoms with Crippen LogP contribution in [0.25, 0.3) is 0 Å². The molecule has 2 aromatic rings. The molecule has 1 N–H and O–H groups in total. The van der Waals surface area contributed by atoms with E-state index in [9.17, 15) is 13.2 Å². The number of sulfone groups is 1. The number of aromatic nitrogens is 2. The van der Waals surface area contributed by atoms with Crippen molar-refractivity contribution in [2.24, 2.45) is 12.2 Å². The number of aryl methyl sites for hydroxylation is 3. The van der Waals surface area contributed by atoms with E-state index in [1.807, 2.05) is 12.1 Å². The van der Waals surface area contributed by atoms with Gasteiger partial charge in [0.1, 0.15) is 12.3 Å². The quantitative estimate of drug-likeness (QED) is 0.650. The second-order valence-electron chi connectivity index (χ2n) is 6.48. The molecule has 2 heterocycles. The van der Waals surface area contributed by atoms with E-state index in [4.69, 9.17) is 4.84 Å². The average molecular weight is 377 g/mol. The van der Waals surface area contributed by atoms with Gasteiger partial charge in [-0.1, -0.05) is 17.3 Å². The van der Waals surface area contributed by atoms with E-state index in [0.29, 0.717) is 46.0 Å². The second-order valence-corrected chi connectivity index (χ2v) is 8.53. The highest BCUT2D eigenvalue weighted by molar-refractivity contribution is 7.91. The van der Waals surface area contributed by atoms with E-state index < -0.39 is 9.84 Å². The fourth-order valence-electron chi connectivity index (χ4n) is 3.51. The summed E-state index contributed by atoms with van der Waals surface area (Å²) in [5, 5.41) is 7.11. The van der Waals surface area contributed by atoms with Crippen molar-refractivity contribution in [2.75, 3.05) is 12.4 Å². The predicted molar refractivity (Wildman–Crippen MR) is 99.6 cm³/mol. The molecule has 0 amide bonds. The van der Waals surface area contributed by atoms with Gasteiger partial charge in [-0.25, -0.2) is 8.42 Å². The van der Waals surface area contributed by atoms with Gasteiger partial charge < -0.3 is 4.84 Å². The van der Waals surface area contributed by atoms with Gasteiger partial charge in [0.05, 0.1) is 16.2 Å². The van der Waals surface area contributed by atoms with Crippen LogP contribution in [0.15, 0.2) is 27.0 Å². The van der Waals surface area contributed by atoms with Gasteiger partial charge in [-0.3, -0.25) is 14.6 Å². The Bertz CT molecular complexity index is 1050. The van der Waals surface area contributed by atoms with Crippen LogP contribution in [-0.2, 0) is 28.1 Å². The summed E-state index contributed by atoms with van der Waals surface area (Å²) in [5.74, 6) is 0.146. The summed E-state index contributed by atoms with van der Waals surface area (Å²) in [6.45, 7) is 5.69. The number of hydrogen-bond donors (Lipinski definition) is 1. The zero-order valence-electron chi connectivity index (χ0n) is 15.4. The summed E-state index contributed by atoms with van der Waals surface area (Å²) in [6.07, 6.45) is 1.37. The van der Waals surface area contributed by atoms with Crippen molar-refractivity contribution >= 4 is 15.5 Å². The minimum atomic E-state index is -3.33. The van der Waals surface area contributed by atoms with Gasteiger partial charge in [0, 0.05) is 18.3 Å². The first-order chi connectivity index (χ1) is 12.3. The molecule has 0 fully saturated rings. The summed E-state index contributed by atoms with van der Waals surface area (Å²) in [4.78, 5) is 18.2. The third-order valence-corrected chi connectivity index (χ3v) is 6.68. The molecule has 0 spiro atoms. The van der Waals surface area contributed by atoms with Crippen molar-refractivity contribution in [1.82, 2.24) is 9.78 Å². The lowest BCUT2D eigenvalue weighted by Gasteiger charge is -2.21. The predicted octanol–water partition coefficient (Wildman–Crippen LogP) is 1.84. The number of oxime groups is 1. The molecule has 26 heavy (non-hydrogen) atoms. The minimum Gasteiger partial charge on any atom is -0.396 e. The zero-order valence-corrected chi connectivity index (χ0v) is 16.2. The molecule has 8 heteroatoms. The van der Waals surface area contributed by atoms with Gasteiger partial charge in [-0.05, 0) is 44.7 Å². The average Bonchev–Trinajstić information content (AvgIpc) is 2.82. The van der Waals surface area contributed by atoms with Crippen molar-refractivity contribution < 1.29 is 13.3 Å². The standard InChI is InChI=1S/C18H23N3O4S/c1-5-25-20-16(15-12(3)19-21(4)18(15)22)14-9-8-13-7-6-10-26(23,24)17(13)11(14)2/h8-9,19H,5-7,10H2,1-4H3. The van der Waals surface area contributed by atoms with Gasteiger partial charge in [0.25, 0.3) is 5.56 Å². The zero-order chi connectivity index (χ0) is 19.1. The van der Waals surface area contributed by atoms with E-state index in [2.05, 4.69) is 10.3 Å². The van der Waals surface area contributed by atoms with Crippen LogP contribution in [0, 0.1) is 13.8 Å². The van der Waals surface area contributed by atoms with E-state index in [1.54, 1.807) is 27.8 Å². The van der Waals surface area contributed by atoms with Crippen LogP contribution in [-0.4, -0.2) is 36.3 Å². The molecule has 1 aliphatic rings. The number of H-pyrrole nitrogens is 1. The Hall–Kier alpha value is -2.35. The molecule has 3 rings (SSSR count). The molecule has 1 aromatic carbocycles. The largest absolute Gasteiger partial charge is 0.396 e. The Labute approximate surface area is 152 Å². The molecular weight excluding hydrogens is 354 g/mol. The molecule has 0 aliphatic carbocycles. The van der Waals surface area contributed by atoms with Crippen LogP contribution in [0.4, 0.5) is 0 Å². The van der Waals surface area contributed by atoms with E-state index >= 15 is 0 Å². The number of rotatable bonds is 4. The minimum absolute atomic E-state index is 0.146. The Morgan fingerprint density at radius 2 is 2.08 bits per heavy atom. The number of benzene rings is 1. The fraction of sp³-hybridized carbons (Fsp3) is 0.444. The van der Waals surface area contributed by atoms with Crippen LogP contribution < -0.4 is 5.56 Å². The lowest BCUT2D eigenvalue weighted by atomic mass is 9.95. The Balaban J connectivity index is 2.29. The maximum atomic E-state index is 12.6. The molecule has 140 valence electrons. The van der Waals surface area contributed by atoms with Gasteiger partial charge in [-0.2, -0.15) is 0 Å². The number of fused-ring (bicyclic) bond motifs is 1. The lowest BCUT2D eigenvalue weighted by Crippen LogP contribution is -2.23. The van der Waals surface area contributed by atoms with Crippen molar-refractivity contribution in [3.05, 3.63) is 50.4 Å². The SMILES string of the molecule is CCON=C(c1ccc2c(c1C)S(=O)(=O)CCC2)c1c(C)[nH]n(C)c1=O. The van der Waals surface area contributed by atoms with Crippen molar-refractivity contribution in [3.8, 4) is 0 Å². The van der Waals surface area contributed by atoms with Crippen molar-refractivity contribution in [2.45, 2.75) is 38.5 Å². The maximum Gasteiger partial charge on any atom is 0.276 e. The smallest absolute Gasteiger partial charge is 0.276 e. The number of aromatic amines is 1. The Morgan fingerprint density at radius 3 is 2.69 bits per heavy atom. The monoisotopic (exact) mass is 377 g/mol. The topological polar surface area (TPSA) is 93.5 Å². The summed E-state index contributed by atoms with van der Waals surface area (Å²) < 4.78 is 26.6. The molecule has 0 atom stereocenters. The van der Waals surface area contributed by atoms with Gasteiger partial charge in [0.2, 0.25) is 0 Å². The lowest BCUT2D eigenvalue weighted by molar-refractivity contribution is 0.159.